The highest BCUT2D eigenvalue weighted by atomic mass is 35.5. The first-order valence-corrected chi connectivity index (χ1v) is 9.21. The van der Waals surface area contributed by atoms with Crippen LogP contribution in [0.15, 0.2) is 23.8 Å². The number of likely N-dealkylation sites (N-methyl/N-ethyl adjacent to an activating group) is 1. The molecule has 0 aliphatic carbocycles. The molecule has 3 heterocycles. The number of morpholine rings is 1. The molecule has 1 N–H and O–H groups in total. The summed E-state index contributed by atoms with van der Waals surface area (Å²) >= 11 is 7.98. The van der Waals surface area contributed by atoms with Gasteiger partial charge in [-0.3, -0.25) is 4.90 Å². The Hall–Kier alpha value is -1.41. The Morgan fingerprint density at radius 3 is 2.88 bits per heavy atom. The van der Waals surface area contributed by atoms with E-state index < -0.39 is 0 Å². The minimum Gasteiger partial charge on any atom is -0.383 e. The number of nitrogens with zero attached hydrogens (tertiary/aromatic N) is 4. The molecule has 1 saturated heterocycles. The number of aromatic nitrogens is 2. The van der Waals surface area contributed by atoms with E-state index in [4.69, 9.17) is 16.3 Å². The summed E-state index contributed by atoms with van der Waals surface area (Å²) in [5, 5.41) is 5.67. The molecule has 1 atom stereocenters. The second-order valence-electron chi connectivity index (χ2n) is 5.67. The summed E-state index contributed by atoms with van der Waals surface area (Å²) in [4.78, 5) is 14.4. The molecule has 0 spiro atoms. The van der Waals surface area contributed by atoms with Crippen LogP contribution < -0.4 is 10.2 Å². The van der Waals surface area contributed by atoms with Gasteiger partial charge in [-0.2, -0.15) is 0 Å². The van der Waals surface area contributed by atoms with Crippen LogP contribution in [0.25, 0.3) is 0 Å². The minimum atomic E-state index is 0.303. The lowest BCUT2D eigenvalue weighted by Crippen LogP contribution is -2.43. The summed E-state index contributed by atoms with van der Waals surface area (Å²) in [5.41, 5.74) is 0.758. The van der Waals surface area contributed by atoms with Crippen molar-refractivity contribution in [2.45, 2.75) is 6.04 Å². The summed E-state index contributed by atoms with van der Waals surface area (Å²) in [6.07, 6.45) is 1.50. The molecular weight excluding hydrogens is 346 g/mol. The average molecular weight is 368 g/mol. The van der Waals surface area contributed by atoms with Gasteiger partial charge in [0.25, 0.3) is 0 Å². The van der Waals surface area contributed by atoms with Crippen LogP contribution in [0.2, 0.25) is 5.15 Å². The van der Waals surface area contributed by atoms with Gasteiger partial charge in [-0.1, -0.05) is 17.7 Å². The van der Waals surface area contributed by atoms with Crippen molar-refractivity contribution in [2.75, 3.05) is 57.2 Å². The standard InChI is InChI=1S/C16H22ClN5OS/c1-18-14-15(17)19-11-20-16(14)21(2)10-12(13-4-3-9-24-13)22-5-7-23-8-6-22/h3-4,9,11-12,18H,5-8,10H2,1-2H3. The summed E-state index contributed by atoms with van der Waals surface area (Å²) in [6.45, 7) is 4.28. The number of ether oxygens (including phenoxy) is 1. The molecule has 0 amide bonds. The van der Waals surface area contributed by atoms with Gasteiger partial charge in [0, 0.05) is 38.6 Å². The number of hydrogen-bond acceptors (Lipinski definition) is 7. The van der Waals surface area contributed by atoms with Crippen molar-refractivity contribution < 1.29 is 4.74 Å². The first-order valence-electron chi connectivity index (χ1n) is 7.95. The van der Waals surface area contributed by atoms with Crippen molar-refractivity contribution in [2.24, 2.45) is 0 Å². The molecule has 2 aromatic heterocycles. The van der Waals surface area contributed by atoms with Gasteiger partial charge in [0.1, 0.15) is 12.0 Å². The SMILES string of the molecule is CNc1c(Cl)ncnc1N(C)CC(c1cccs1)N1CCOCC1. The predicted octanol–water partition coefficient (Wildman–Crippen LogP) is 2.74. The van der Waals surface area contributed by atoms with E-state index in [9.17, 15) is 0 Å². The fraction of sp³-hybridized carbons (Fsp3) is 0.500. The molecule has 1 fully saturated rings. The molecule has 130 valence electrons. The van der Waals surface area contributed by atoms with E-state index in [1.54, 1.807) is 11.3 Å². The summed E-state index contributed by atoms with van der Waals surface area (Å²) < 4.78 is 5.51. The van der Waals surface area contributed by atoms with Crippen LogP contribution in [-0.4, -0.2) is 61.8 Å². The lowest BCUT2D eigenvalue weighted by molar-refractivity contribution is 0.0183. The monoisotopic (exact) mass is 367 g/mol. The average Bonchev–Trinajstić information content (AvgIpc) is 3.14. The fourth-order valence-electron chi connectivity index (χ4n) is 2.96. The Labute approximate surface area is 151 Å². The van der Waals surface area contributed by atoms with Gasteiger partial charge in [0.05, 0.1) is 19.3 Å². The minimum absolute atomic E-state index is 0.303. The third-order valence-electron chi connectivity index (χ3n) is 4.20. The van der Waals surface area contributed by atoms with E-state index in [1.165, 1.54) is 11.2 Å². The van der Waals surface area contributed by atoms with Crippen LogP contribution in [0.5, 0.6) is 0 Å². The number of halogens is 1. The Kier molecular flexibility index (Phi) is 5.89. The van der Waals surface area contributed by atoms with Crippen LogP contribution in [0.4, 0.5) is 11.5 Å². The van der Waals surface area contributed by atoms with E-state index in [-0.39, 0.29) is 0 Å². The smallest absolute Gasteiger partial charge is 0.157 e. The number of rotatable bonds is 6. The Morgan fingerprint density at radius 2 is 2.21 bits per heavy atom. The van der Waals surface area contributed by atoms with Crippen LogP contribution in [0.1, 0.15) is 10.9 Å². The third-order valence-corrected chi connectivity index (χ3v) is 5.46. The summed E-state index contributed by atoms with van der Waals surface area (Å²) in [6, 6.07) is 4.61. The summed E-state index contributed by atoms with van der Waals surface area (Å²) in [7, 11) is 3.88. The van der Waals surface area contributed by atoms with Crippen molar-refractivity contribution in [1.29, 1.82) is 0 Å². The highest BCUT2D eigenvalue weighted by Gasteiger charge is 2.26. The zero-order chi connectivity index (χ0) is 16.9. The zero-order valence-electron chi connectivity index (χ0n) is 13.9. The Bertz CT molecular complexity index is 648. The van der Waals surface area contributed by atoms with Crippen molar-refractivity contribution in [1.82, 2.24) is 14.9 Å². The maximum atomic E-state index is 6.19. The van der Waals surface area contributed by atoms with Crippen LogP contribution >= 0.6 is 22.9 Å². The van der Waals surface area contributed by atoms with E-state index in [0.29, 0.717) is 11.2 Å². The van der Waals surface area contributed by atoms with Gasteiger partial charge in [0.2, 0.25) is 0 Å². The molecule has 3 rings (SSSR count). The Morgan fingerprint density at radius 1 is 1.42 bits per heavy atom. The second kappa shape index (κ2) is 8.11. The molecule has 8 heteroatoms. The third kappa shape index (κ3) is 3.80. The lowest BCUT2D eigenvalue weighted by Gasteiger charge is -2.36. The van der Waals surface area contributed by atoms with E-state index in [1.807, 2.05) is 14.1 Å². The van der Waals surface area contributed by atoms with Crippen molar-refractivity contribution in [3.05, 3.63) is 33.9 Å². The molecule has 1 aliphatic rings. The topological polar surface area (TPSA) is 53.5 Å². The highest BCUT2D eigenvalue weighted by molar-refractivity contribution is 7.10. The quantitative estimate of drug-likeness (QED) is 0.792. The molecular formula is C16H22ClN5OS. The lowest BCUT2D eigenvalue weighted by atomic mass is 10.1. The van der Waals surface area contributed by atoms with Gasteiger partial charge < -0.3 is 15.0 Å². The summed E-state index contributed by atoms with van der Waals surface area (Å²) in [5.74, 6) is 0.812. The van der Waals surface area contributed by atoms with Gasteiger partial charge in [-0.05, 0) is 11.4 Å². The molecule has 2 aromatic rings. The fourth-order valence-corrected chi connectivity index (χ4v) is 4.04. The van der Waals surface area contributed by atoms with E-state index in [2.05, 4.69) is 42.6 Å². The van der Waals surface area contributed by atoms with Crippen molar-refractivity contribution in [3.63, 3.8) is 0 Å². The molecule has 0 radical (unpaired) electrons. The molecule has 6 nitrogen and oxygen atoms in total. The van der Waals surface area contributed by atoms with Crippen molar-refractivity contribution >= 4 is 34.4 Å². The van der Waals surface area contributed by atoms with E-state index >= 15 is 0 Å². The molecule has 0 bridgehead atoms. The second-order valence-corrected chi connectivity index (χ2v) is 7.01. The molecule has 1 unspecified atom stereocenters. The molecule has 1 aliphatic heterocycles. The van der Waals surface area contributed by atoms with Gasteiger partial charge in [-0.15, -0.1) is 11.3 Å². The predicted molar refractivity (Wildman–Crippen MR) is 99.3 cm³/mol. The number of thiophene rings is 1. The number of anilines is 2. The first-order chi connectivity index (χ1) is 11.7. The van der Waals surface area contributed by atoms with Gasteiger partial charge in [-0.25, -0.2) is 9.97 Å². The number of hydrogen-bond donors (Lipinski definition) is 1. The van der Waals surface area contributed by atoms with Gasteiger partial charge in [0.15, 0.2) is 11.0 Å². The molecule has 24 heavy (non-hydrogen) atoms. The maximum absolute atomic E-state index is 6.19. The molecule has 0 aromatic carbocycles. The maximum Gasteiger partial charge on any atom is 0.157 e. The zero-order valence-corrected chi connectivity index (χ0v) is 15.5. The highest BCUT2D eigenvalue weighted by Crippen LogP contribution is 2.32. The Balaban J connectivity index is 1.83. The largest absolute Gasteiger partial charge is 0.383 e. The van der Waals surface area contributed by atoms with Crippen LogP contribution in [-0.2, 0) is 4.74 Å². The van der Waals surface area contributed by atoms with Crippen LogP contribution in [0, 0.1) is 0 Å². The van der Waals surface area contributed by atoms with Gasteiger partial charge >= 0.3 is 0 Å². The van der Waals surface area contributed by atoms with E-state index in [0.717, 1.165) is 44.4 Å². The normalized spacial score (nSPS) is 16.8. The first kappa shape index (κ1) is 17.4. The van der Waals surface area contributed by atoms with Crippen molar-refractivity contribution in [3.8, 4) is 0 Å². The molecule has 0 saturated carbocycles. The van der Waals surface area contributed by atoms with Crippen LogP contribution in [0.3, 0.4) is 0 Å². The number of nitrogens with one attached hydrogen (secondary N) is 1.